The van der Waals surface area contributed by atoms with E-state index in [1.165, 1.54) is 0 Å². The summed E-state index contributed by atoms with van der Waals surface area (Å²) in [6.07, 6.45) is 0.477. The highest BCUT2D eigenvalue weighted by molar-refractivity contribution is 7.91. The quantitative estimate of drug-likeness (QED) is 0.823. The molecule has 3 rings (SSSR count). The molecule has 0 bridgehead atoms. The van der Waals surface area contributed by atoms with Crippen LogP contribution in [0.2, 0.25) is 0 Å². The second-order valence-corrected chi connectivity index (χ2v) is 8.44. The van der Waals surface area contributed by atoms with E-state index in [-0.39, 0.29) is 23.5 Å². The van der Waals surface area contributed by atoms with Gasteiger partial charge in [0, 0.05) is 18.2 Å². The molecule has 1 atom stereocenters. The molecule has 25 heavy (non-hydrogen) atoms. The Morgan fingerprint density at radius 2 is 1.92 bits per heavy atom. The molecule has 1 aliphatic heterocycles. The molecule has 0 radical (unpaired) electrons. The fourth-order valence-electron chi connectivity index (χ4n) is 3.09. The van der Waals surface area contributed by atoms with Crippen molar-refractivity contribution in [2.24, 2.45) is 0 Å². The zero-order valence-electron chi connectivity index (χ0n) is 14.1. The molecule has 5 nitrogen and oxygen atoms in total. The smallest absolute Gasteiger partial charge is 0.254 e. The van der Waals surface area contributed by atoms with E-state index in [2.05, 4.69) is 0 Å². The molecule has 1 heterocycles. The van der Waals surface area contributed by atoms with Crippen LogP contribution in [0.4, 0.5) is 0 Å². The van der Waals surface area contributed by atoms with Crippen molar-refractivity contribution >= 4 is 15.7 Å². The van der Waals surface area contributed by atoms with Gasteiger partial charge in [0.05, 0.1) is 18.6 Å². The maximum absolute atomic E-state index is 13.1. The SMILES string of the molecule is COc1cccc(C(=O)N(Cc2ccccc2)[C@@H]2CCS(=O)(=O)C2)c1. The number of amides is 1. The van der Waals surface area contributed by atoms with E-state index in [0.717, 1.165) is 5.56 Å². The van der Waals surface area contributed by atoms with Gasteiger partial charge in [-0.3, -0.25) is 4.79 Å². The Morgan fingerprint density at radius 1 is 1.16 bits per heavy atom. The van der Waals surface area contributed by atoms with Gasteiger partial charge < -0.3 is 9.64 Å². The Bertz CT molecular complexity index is 849. The molecule has 0 N–H and O–H groups in total. The van der Waals surface area contributed by atoms with Crippen LogP contribution in [-0.2, 0) is 16.4 Å². The van der Waals surface area contributed by atoms with Crippen LogP contribution in [-0.4, -0.2) is 43.9 Å². The number of sulfone groups is 1. The molecular weight excluding hydrogens is 338 g/mol. The summed E-state index contributed by atoms with van der Waals surface area (Å²) < 4.78 is 29.0. The van der Waals surface area contributed by atoms with Crippen molar-refractivity contribution in [3.63, 3.8) is 0 Å². The minimum absolute atomic E-state index is 0.0234. The Morgan fingerprint density at radius 3 is 2.56 bits per heavy atom. The minimum atomic E-state index is -3.08. The summed E-state index contributed by atoms with van der Waals surface area (Å²) in [5.74, 6) is 0.582. The number of carbonyl (C=O) groups excluding carboxylic acids is 1. The molecule has 0 saturated carbocycles. The lowest BCUT2D eigenvalue weighted by molar-refractivity contribution is 0.0680. The lowest BCUT2D eigenvalue weighted by Crippen LogP contribution is -2.40. The maximum atomic E-state index is 13.1. The van der Waals surface area contributed by atoms with Gasteiger partial charge in [-0.15, -0.1) is 0 Å². The third-order valence-corrected chi connectivity index (χ3v) is 6.17. The van der Waals surface area contributed by atoms with Gasteiger partial charge in [0.15, 0.2) is 9.84 Å². The molecule has 6 heteroatoms. The van der Waals surface area contributed by atoms with E-state index >= 15 is 0 Å². The van der Waals surface area contributed by atoms with Gasteiger partial charge in [0.1, 0.15) is 5.75 Å². The monoisotopic (exact) mass is 359 g/mol. The van der Waals surface area contributed by atoms with E-state index in [1.54, 1.807) is 36.3 Å². The molecule has 0 aliphatic carbocycles. The molecular formula is C19H21NO4S. The van der Waals surface area contributed by atoms with E-state index in [0.29, 0.717) is 24.3 Å². The van der Waals surface area contributed by atoms with E-state index in [4.69, 9.17) is 4.74 Å². The molecule has 1 aliphatic rings. The Kier molecular flexibility index (Phi) is 5.08. The molecule has 2 aromatic carbocycles. The van der Waals surface area contributed by atoms with Gasteiger partial charge in [-0.25, -0.2) is 8.42 Å². The zero-order chi connectivity index (χ0) is 17.9. The fraction of sp³-hybridized carbons (Fsp3) is 0.316. The second-order valence-electron chi connectivity index (χ2n) is 6.21. The summed E-state index contributed by atoms with van der Waals surface area (Å²) >= 11 is 0. The summed E-state index contributed by atoms with van der Waals surface area (Å²) in [4.78, 5) is 14.8. The molecule has 1 fully saturated rings. The molecule has 2 aromatic rings. The lowest BCUT2D eigenvalue weighted by Gasteiger charge is -2.28. The summed E-state index contributed by atoms with van der Waals surface area (Å²) in [6, 6.07) is 16.3. The van der Waals surface area contributed by atoms with Gasteiger partial charge in [0.25, 0.3) is 5.91 Å². The predicted octanol–water partition coefficient (Wildman–Crippen LogP) is 2.52. The third kappa shape index (κ3) is 4.20. The van der Waals surface area contributed by atoms with Crippen LogP contribution in [0.3, 0.4) is 0 Å². The summed E-state index contributed by atoms with van der Waals surface area (Å²) in [6.45, 7) is 0.386. The summed E-state index contributed by atoms with van der Waals surface area (Å²) in [5.41, 5.74) is 1.47. The largest absolute Gasteiger partial charge is 0.497 e. The molecule has 1 amide bonds. The Labute approximate surface area is 148 Å². The van der Waals surface area contributed by atoms with E-state index in [9.17, 15) is 13.2 Å². The lowest BCUT2D eigenvalue weighted by atomic mass is 10.1. The van der Waals surface area contributed by atoms with Crippen LogP contribution < -0.4 is 4.74 Å². The van der Waals surface area contributed by atoms with E-state index < -0.39 is 9.84 Å². The first kappa shape index (κ1) is 17.5. The van der Waals surface area contributed by atoms with Gasteiger partial charge in [0.2, 0.25) is 0 Å². The van der Waals surface area contributed by atoms with Crippen molar-refractivity contribution in [1.29, 1.82) is 0 Å². The summed E-state index contributed by atoms with van der Waals surface area (Å²) in [7, 11) is -1.53. The number of methoxy groups -OCH3 is 1. The van der Waals surface area contributed by atoms with Crippen molar-refractivity contribution in [2.75, 3.05) is 18.6 Å². The number of benzene rings is 2. The first-order valence-corrected chi connectivity index (χ1v) is 10.00. The molecule has 1 saturated heterocycles. The summed E-state index contributed by atoms with van der Waals surface area (Å²) in [5, 5.41) is 0. The first-order valence-electron chi connectivity index (χ1n) is 8.18. The number of hydrogen-bond donors (Lipinski definition) is 0. The van der Waals surface area contributed by atoms with Gasteiger partial charge in [-0.1, -0.05) is 36.4 Å². The normalized spacial score (nSPS) is 18.7. The van der Waals surface area contributed by atoms with E-state index in [1.807, 2.05) is 30.3 Å². The molecule has 0 unspecified atom stereocenters. The number of hydrogen-bond acceptors (Lipinski definition) is 4. The Balaban J connectivity index is 1.91. The highest BCUT2D eigenvalue weighted by Crippen LogP contribution is 2.23. The third-order valence-electron chi connectivity index (χ3n) is 4.42. The minimum Gasteiger partial charge on any atom is -0.497 e. The maximum Gasteiger partial charge on any atom is 0.254 e. The first-order chi connectivity index (χ1) is 12.0. The highest BCUT2D eigenvalue weighted by Gasteiger charge is 2.35. The molecule has 0 spiro atoms. The fourth-order valence-corrected chi connectivity index (χ4v) is 4.82. The van der Waals surface area contributed by atoms with Crippen LogP contribution in [0.1, 0.15) is 22.3 Å². The number of rotatable bonds is 5. The van der Waals surface area contributed by atoms with Crippen LogP contribution >= 0.6 is 0 Å². The average Bonchev–Trinajstić information content (AvgIpc) is 2.99. The number of carbonyl (C=O) groups is 1. The second kappa shape index (κ2) is 7.27. The van der Waals surface area contributed by atoms with Gasteiger partial charge in [-0.2, -0.15) is 0 Å². The van der Waals surface area contributed by atoms with Crippen LogP contribution in [0, 0.1) is 0 Å². The van der Waals surface area contributed by atoms with Crippen molar-refractivity contribution in [1.82, 2.24) is 4.90 Å². The zero-order valence-corrected chi connectivity index (χ0v) is 14.9. The predicted molar refractivity (Wildman–Crippen MR) is 96.4 cm³/mol. The van der Waals surface area contributed by atoms with Crippen LogP contribution in [0.25, 0.3) is 0 Å². The van der Waals surface area contributed by atoms with Gasteiger partial charge in [-0.05, 0) is 30.2 Å². The van der Waals surface area contributed by atoms with Crippen molar-refractivity contribution in [3.8, 4) is 5.75 Å². The Hall–Kier alpha value is -2.34. The topological polar surface area (TPSA) is 63.7 Å². The van der Waals surface area contributed by atoms with Crippen molar-refractivity contribution < 1.29 is 17.9 Å². The molecule has 132 valence electrons. The van der Waals surface area contributed by atoms with Gasteiger partial charge >= 0.3 is 0 Å². The molecule has 0 aromatic heterocycles. The number of ether oxygens (including phenoxy) is 1. The van der Waals surface area contributed by atoms with Crippen molar-refractivity contribution in [2.45, 2.75) is 19.0 Å². The number of nitrogens with zero attached hydrogens (tertiary/aromatic N) is 1. The standard InChI is InChI=1S/C19H21NO4S/c1-24-18-9-5-8-16(12-18)19(21)20(13-15-6-3-2-4-7-15)17-10-11-25(22,23)14-17/h2-9,12,17H,10-11,13-14H2,1H3/t17-/m1/s1. The average molecular weight is 359 g/mol. The highest BCUT2D eigenvalue weighted by atomic mass is 32.2. The van der Waals surface area contributed by atoms with Crippen molar-refractivity contribution in [3.05, 3.63) is 65.7 Å². The van der Waals surface area contributed by atoms with Crippen LogP contribution in [0.5, 0.6) is 5.75 Å². The van der Waals surface area contributed by atoms with Crippen LogP contribution in [0.15, 0.2) is 54.6 Å².